The number of benzene rings is 1. The first kappa shape index (κ1) is 11.4. The van der Waals surface area contributed by atoms with Gasteiger partial charge in [-0.15, -0.1) is 0 Å². The van der Waals surface area contributed by atoms with Crippen LogP contribution in [0, 0.1) is 11.6 Å². The highest BCUT2D eigenvalue weighted by Crippen LogP contribution is 2.43. The van der Waals surface area contributed by atoms with Crippen LogP contribution < -0.4 is 10.6 Å². The van der Waals surface area contributed by atoms with Crippen molar-refractivity contribution in [3.8, 4) is 0 Å². The van der Waals surface area contributed by atoms with Crippen LogP contribution in [0.5, 0.6) is 0 Å². The molecule has 0 radical (unpaired) electrons. The molecule has 1 unspecified atom stereocenters. The Balaban J connectivity index is 1.67. The normalized spacial score (nSPS) is 29.7. The number of nitrogens with zero attached hydrogens (tertiary/aromatic N) is 1. The number of nitrogens with one attached hydrogen (secondary N) is 2. The van der Waals surface area contributed by atoms with Crippen LogP contribution in [0.1, 0.15) is 24.8 Å². The van der Waals surface area contributed by atoms with Crippen molar-refractivity contribution in [2.75, 3.05) is 6.54 Å². The van der Waals surface area contributed by atoms with Gasteiger partial charge in [0.2, 0.25) is 0 Å². The molecule has 0 amide bonds. The highest BCUT2D eigenvalue weighted by molar-refractivity contribution is 5.82. The average molecular weight is 251 g/mol. The zero-order valence-corrected chi connectivity index (χ0v) is 10.1. The molecule has 1 heterocycles. The van der Waals surface area contributed by atoms with E-state index in [0.717, 1.165) is 18.9 Å². The summed E-state index contributed by atoms with van der Waals surface area (Å²) in [5.74, 6) is -0.267. The molecule has 18 heavy (non-hydrogen) atoms. The Morgan fingerprint density at radius 1 is 1.33 bits per heavy atom. The van der Waals surface area contributed by atoms with Gasteiger partial charge in [-0.3, -0.25) is 4.99 Å². The first-order chi connectivity index (χ1) is 8.65. The Bertz CT molecular complexity index is 481. The molecule has 1 aliphatic carbocycles. The van der Waals surface area contributed by atoms with Gasteiger partial charge in [-0.25, -0.2) is 8.78 Å². The molecular formula is C13H15F2N3. The first-order valence-electron chi connectivity index (χ1n) is 6.16. The van der Waals surface area contributed by atoms with E-state index in [9.17, 15) is 8.78 Å². The van der Waals surface area contributed by atoms with Crippen LogP contribution in [0.2, 0.25) is 0 Å². The van der Waals surface area contributed by atoms with Gasteiger partial charge in [0.05, 0.1) is 6.54 Å². The summed E-state index contributed by atoms with van der Waals surface area (Å²) in [6, 6.07) is 4.41. The largest absolute Gasteiger partial charge is 0.353 e. The van der Waals surface area contributed by atoms with E-state index in [1.165, 1.54) is 18.2 Å². The van der Waals surface area contributed by atoms with Gasteiger partial charge in [0.1, 0.15) is 11.6 Å². The molecule has 1 aromatic carbocycles. The molecule has 1 aromatic rings. The molecule has 1 fully saturated rings. The van der Waals surface area contributed by atoms with Crippen molar-refractivity contribution in [3.63, 3.8) is 0 Å². The summed E-state index contributed by atoms with van der Waals surface area (Å²) in [5.41, 5.74) is 0.196. The van der Waals surface area contributed by atoms with Gasteiger partial charge in [0, 0.05) is 23.6 Å². The minimum absolute atomic E-state index is 0.0768. The van der Waals surface area contributed by atoms with Crippen LogP contribution in [0.3, 0.4) is 0 Å². The van der Waals surface area contributed by atoms with Crippen molar-refractivity contribution in [1.29, 1.82) is 0 Å². The van der Waals surface area contributed by atoms with Crippen LogP contribution in [-0.2, 0) is 0 Å². The van der Waals surface area contributed by atoms with Gasteiger partial charge in [0.15, 0.2) is 5.96 Å². The maximum Gasteiger partial charge on any atom is 0.191 e. The van der Waals surface area contributed by atoms with Crippen molar-refractivity contribution in [3.05, 3.63) is 35.4 Å². The summed E-state index contributed by atoms with van der Waals surface area (Å²) in [4.78, 5) is 4.28. The number of hydrogen-bond acceptors (Lipinski definition) is 3. The Labute approximate surface area is 104 Å². The van der Waals surface area contributed by atoms with Crippen LogP contribution in [0.15, 0.2) is 23.2 Å². The van der Waals surface area contributed by atoms with Gasteiger partial charge in [-0.05, 0) is 25.5 Å². The molecule has 0 aromatic heterocycles. The van der Waals surface area contributed by atoms with Gasteiger partial charge in [0.25, 0.3) is 0 Å². The Hall–Kier alpha value is -1.65. The average Bonchev–Trinajstić information content (AvgIpc) is 2.92. The Kier molecular flexibility index (Phi) is 2.69. The molecule has 0 saturated heterocycles. The maximum absolute atomic E-state index is 13.6. The highest BCUT2D eigenvalue weighted by Gasteiger charge is 2.42. The molecule has 0 spiro atoms. The summed E-state index contributed by atoms with van der Waals surface area (Å²) >= 11 is 0. The summed E-state index contributed by atoms with van der Waals surface area (Å²) in [6.45, 7) is 2.78. The quantitative estimate of drug-likeness (QED) is 0.840. The maximum atomic E-state index is 13.6. The molecule has 96 valence electrons. The molecule has 3 nitrogen and oxygen atoms in total. The Morgan fingerprint density at radius 2 is 2.06 bits per heavy atom. The third kappa shape index (κ3) is 2.05. The highest BCUT2D eigenvalue weighted by atomic mass is 19.1. The first-order valence-corrected chi connectivity index (χ1v) is 6.16. The van der Waals surface area contributed by atoms with Crippen molar-refractivity contribution in [2.24, 2.45) is 4.99 Å². The smallest absolute Gasteiger partial charge is 0.191 e. The number of halogens is 2. The predicted octanol–water partition coefficient (Wildman–Crippen LogP) is 1.76. The lowest BCUT2D eigenvalue weighted by atomic mass is 10.1. The van der Waals surface area contributed by atoms with E-state index in [1.54, 1.807) is 0 Å². The van der Waals surface area contributed by atoms with Crippen molar-refractivity contribution in [1.82, 2.24) is 10.6 Å². The van der Waals surface area contributed by atoms with Crippen LogP contribution >= 0.6 is 0 Å². The lowest BCUT2D eigenvalue weighted by molar-refractivity contribution is 0.553. The van der Waals surface area contributed by atoms with E-state index < -0.39 is 11.6 Å². The summed E-state index contributed by atoms with van der Waals surface area (Å²) < 4.78 is 27.2. The molecule has 0 bridgehead atoms. The fourth-order valence-electron chi connectivity index (χ4n) is 2.35. The number of guanidine groups is 1. The third-order valence-electron chi connectivity index (χ3n) is 3.39. The van der Waals surface area contributed by atoms with Crippen molar-refractivity contribution >= 4 is 5.96 Å². The van der Waals surface area contributed by atoms with E-state index >= 15 is 0 Å². The van der Waals surface area contributed by atoms with Gasteiger partial charge < -0.3 is 10.6 Å². The molecule has 1 saturated carbocycles. The Morgan fingerprint density at radius 3 is 2.67 bits per heavy atom. The molecule has 2 aliphatic rings. The van der Waals surface area contributed by atoms with Gasteiger partial charge in [-0.1, -0.05) is 6.07 Å². The van der Waals surface area contributed by atoms with Gasteiger partial charge >= 0.3 is 0 Å². The number of hydrogen-bond donors (Lipinski definition) is 2. The third-order valence-corrected chi connectivity index (χ3v) is 3.39. The van der Waals surface area contributed by atoms with Crippen LogP contribution in [0.4, 0.5) is 8.78 Å². The topological polar surface area (TPSA) is 36.4 Å². The summed E-state index contributed by atoms with van der Waals surface area (Å²) in [5, 5.41) is 6.37. The molecular weight excluding hydrogens is 236 g/mol. The molecule has 2 N–H and O–H groups in total. The van der Waals surface area contributed by atoms with E-state index in [1.807, 2.05) is 6.92 Å². The summed E-state index contributed by atoms with van der Waals surface area (Å²) in [6.07, 6.45) is 0.743. The predicted molar refractivity (Wildman–Crippen MR) is 65.5 cm³/mol. The van der Waals surface area contributed by atoms with E-state index in [2.05, 4.69) is 15.6 Å². The second-order valence-electron chi connectivity index (χ2n) is 4.96. The number of rotatable bonds is 2. The van der Waals surface area contributed by atoms with Crippen molar-refractivity contribution < 1.29 is 8.78 Å². The lowest BCUT2D eigenvalue weighted by Gasteiger charge is -2.09. The minimum atomic E-state index is -0.459. The second-order valence-corrected chi connectivity index (χ2v) is 4.96. The second kappa shape index (κ2) is 4.23. The van der Waals surface area contributed by atoms with Crippen LogP contribution in [-0.4, -0.2) is 24.6 Å². The van der Waals surface area contributed by atoms with E-state index in [0.29, 0.717) is 6.04 Å². The molecule has 3 rings (SSSR count). The van der Waals surface area contributed by atoms with Crippen molar-refractivity contribution in [2.45, 2.75) is 31.3 Å². The summed E-state index contributed by atoms with van der Waals surface area (Å²) in [7, 11) is 0. The fourth-order valence-corrected chi connectivity index (χ4v) is 2.35. The monoisotopic (exact) mass is 251 g/mol. The zero-order chi connectivity index (χ0) is 12.7. The standard InChI is InChI=1S/C13H15F2N3/c1-7-6-16-13(17-7)18-11-5-8(11)12-9(14)3-2-4-10(12)15/h2-4,7-8,11H,5-6H2,1H3,(H2,16,17,18)/t7?,8-,11-/m1/s1. The fraction of sp³-hybridized carbons (Fsp3) is 0.462. The number of aliphatic imine (C=N–C) groups is 1. The zero-order valence-electron chi connectivity index (χ0n) is 10.1. The van der Waals surface area contributed by atoms with E-state index in [-0.39, 0.29) is 17.5 Å². The minimum Gasteiger partial charge on any atom is -0.353 e. The molecule has 5 heteroatoms. The lowest BCUT2D eigenvalue weighted by Crippen LogP contribution is -2.39. The molecule has 3 atom stereocenters. The van der Waals surface area contributed by atoms with E-state index in [4.69, 9.17) is 0 Å². The van der Waals surface area contributed by atoms with Gasteiger partial charge in [-0.2, -0.15) is 0 Å². The molecule has 1 aliphatic heterocycles. The van der Waals surface area contributed by atoms with Crippen LogP contribution in [0.25, 0.3) is 0 Å². The SMILES string of the molecule is CC1CN=C(N[C@@H]2C[C@H]2c2c(F)cccc2F)N1.